The van der Waals surface area contributed by atoms with E-state index in [4.69, 9.17) is 9.47 Å². The van der Waals surface area contributed by atoms with E-state index in [0.29, 0.717) is 18.8 Å². The molecule has 1 unspecified atom stereocenters. The lowest BCUT2D eigenvalue weighted by molar-refractivity contribution is -0.167. The highest BCUT2D eigenvalue weighted by Crippen LogP contribution is 2.40. The molecule has 3 heterocycles. The number of hydrogen-bond donors (Lipinski definition) is 0. The molecule has 2 amide bonds. The van der Waals surface area contributed by atoms with E-state index >= 15 is 0 Å². The molecular formula is C18H20N2O4. The number of likely N-dealkylation sites (tertiary alicyclic amines) is 2. The first-order valence-corrected chi connectivity index (χ1v) is 8.16. The van der Waals surface area contributed by atoms with E-state index < -0.39 is 0 Å². The van der Waals surface area contributed by atoms with Gasteiger partial charge in [0.05, 0.1) is 6.42 Å². The third-order valence-electron chi connectivity index (χ3n) is 4.91. The van der Waals surface area contributed by atoms with Crippen LogP contribution in [0, 0.1) is 5.41 Å². The number of fused-ring (bicyclic) bond motifs is 1. The fraction of sp³-hybridized carbons (Fsp3) is 0.444. The summed E-state index contributed by atoms with van der Waals surface area (Å²) in [5.41, 5.74) is 0.102. The van der Waals surface area contributed by atoms with E-state index in [9.17, 15) is 9.59 Å². The van der Waals surface area contributed by atoms with E-state index in [1.807, 2.05) is 29.2 Å². The van der Waals surface area contributed by atoms with E-state index in [1.165, 1.54) is 6.08 Å². The van der Waals surface area contributed by atoms with Crippen LogP contribution in [0.2, 0.25) is 0 Å². The molecular weight excluding hydrogens is 308 g/mol. The third-order valence-corrected chi connectivity index (χ3v) is 4.91. The van der Waals surface area contributed by atoms with Crippen LogP contribution in [0.1, 0.15) is 6.42 Å². The van der Waals surface area contributed by atoms with Crippen molar-refractivity contribution in [3.63, 3.8) is 0 Å². The number of carbonyl (C=O) groups excluding carboxylic acids is 2. The normalized spacial score (nSPS) is 23.2. The number of rotatable bonds is 3. The number of para-hydroxylation sites is 2. The lowest BCUT2D eigenvalue weighted by Crippen LogP contribution is -2.73. The number of hydrogen-bond acceptors (Lipinski definition) is 4. The Balaban J connectivity index is 1.26. The Hall–Kier alpha value is -2.50. The van der Waals surface area contributed by atoms with Crippen LogP contribution in [0.4, 0.5) is 0 Å². The lowest BCUT2D eigenvalue weighted by Gasteiger charge is -2.60. The predicted octanol–water partition coefficient (Wildman–Crippen LogP) is 1.07. The highest BCUT2D eigenvalue weighted by molar-refractivity contribution is 5.88. The summed E-state index contributed by atoms with van der Waals surface area (Å²) in [4.78, 5) is 27.5. The molecule has 0 aliphatic carbocycles. The van der Waals surface area contributed by atoms with Crippen LogP contribution in [0.5, 0.6) is 11.5 Å². The van der Waals surface area contributed by atoms with Gasteiger partial charge in [-0.05, 0) is 18.2 Å². The fourth-order valence-electron chi connectivity index (χ4n) is 3.68. The molecule has 6 heteroatoms. The minimum atomic E-state index is -0.246. The minimum absolute atomic E-state index is 0.0307. The second-order valence-corrected chi connectivity index (χ2v) is 6.85. The molecule has 0 saturated carbocycles. The van der Waals surface area contributed by atoms with Crippen molar-refractivity contribution in [2.75, 3.05) is 32.8 Å². The Morgan fingerprint density at radius 3 is 2.54 bits per heavy atom. The minimum Gasteiger partial charge on any atom is -0.486 e. The molecule has 3 aliphatic rings. The number of ether oxygens (including phenoxy) is 2. The van der Waals surface area contributed by atoms with Crippen LogP contribution >= 0.6 is 0 Å². The number of amides is 2. The van der Waals surface area contributed by atoms with Gasteiger partial charge in [0.15, 0.2) is 11.5 Å². The second kappa shape index (κ2) is 5.54. The molecule has 0 N–H and O–H groups in total. The number of nitrogens with zero attached hydrogens (tertiary/aromatic N) is 2. The van der Waals surface area contributed by atoms with Gasteiger partial charge in [0.25, 0.3) is 0 Å². The summed E-state index contributed by atoms with van der Waals surface area (Å²) in [6.07, 6.45) is 1.41. The van der Waals surface area contributed by atoms with Gasteiger partial charge in [0, 0.05) is 31.6 Å². The summed E-state index contributed by atoms with van der Waals surface area (Å²) in [7, 11) is 0. The molecule has 0 radical (unpaired) electrons. The Bertz CT molecular complexity index is 688. The van der Waals surface area contributed by atoms with Crippen LogP contribution in [0.25, 0.3) is 0 Å². The average Bonchev–Trinajstić information content (AvgIpc) is 2.51. The SMILES string of the molecule is C=CC(=O)N1CC2(C1)CN(C(=O)CC1COc3ccccc3O1)C2. The Morgan fingerprint density at radius 2 is 1.83 bits per heavy atom. The van der Waals surface area contributed by atoms with Gasteiger partial charge in [-0.15, -0.1) is 0 Å². The van der Waals surface area contributed by atoms with Crippen molar-refractivity contribution in [3.05, 3.63) is 36.9 Å². The van der Waals surface area contributed by atoms with Crippen LogP contribution in [0.3, 0.4) is 0 Å². The van der Waals surface area contributed by atoms with E-state index in [2.05, 4.69) is 6.58 Å². The summed E-state index contributed by atoms with van der Waals surface area (Å²) in [6, 6.07) is 7.49. The molecule has 1 aromatic rings. The molecule has 2 fully saturated rings. The molecule has 1 aromatic carbocycles. The van der Waals surface area contributed by atoms with Gasteiger partial charge in [-0.1, -0.05) is 18.7 Å². The molecule has 2 saturated heterocycles. The van der Waals surface area contributed by atoms with Gasteiger partial charge in [-0.2, -0.15) is 0 Å². The van der Waals surface area contributed by atoms with Gasteiger partial charge < -0.3 is 19.3 Å². The molecule has 1 atom stereocenters. The molecule has 126 valence electrons. The average molecular weight is 328 g/mol. The molecule has 0 bridgehead atoms. The van der Waals surface area contributed by atoms with Crippen molar-refractivity contribution in [1.29, 1.82) is 0 Å². The Labute approximate surface area is 140 Å². The van der Waals surface area contributed by atoms with Gasteiger partial charge in [0.1, 0.15) is 12.7 Å². The first-order valence-electron chi connectivity index (χ1n) is 8.16. The maximum atomic E-state index is 12.4. The van der Waals surface area contributed by atoms with E-state index in [-0.39, 0.29) is 23.3 Å². The zero-order valence-electron chi connectivity index (χ0n) is 13.4. The van der Waals surface area contributed by atoms with Gasteiger partial charge >= 0.3 is 0 Å². The predicted molar refractivity (Wildman–Crippen MR) is 86.8 cm³/mol. The Kier molecular flexibility index (Phi) is 3.48. The van der Waals surface area contributed by atoms with Crippen molar-refractivity contribution in [1.82, 2.24) is 9.80 Å². The lowest BCUT2D eigenvalue weighted by atomic mass is 9.72. The van der Waals surface area contributed by atoms with Gasteiger partial charge in [-0.3, -0.25) is 9.59 Å². The van der Waals surface area contributed by atoms with Crippen LogP contribution in [0.15, 0.2) is 36.9 Å². The van der Waals surface area contributed by atoms with E-state index in [1.54, 1.807) is 4.90 Å². The summed E-state index contributed by atoms with van der Waals surface area (Å²) in [5, 5.41) is 0. The maximum Gasteiger partial charge on any atom is 0.245 e. The summed E-state index contributed by atoms with van der Waals surface area (Å²) < 4.78 is 11.5. The smallest absolute Gasteiger partial charge is 0.245 e. The quantitative estimate of drug-likeness (QED) is 0.779. The van der Waals surface area contributed by atoms with Crippen LogP contribution in [-0.2, 0) is 9.59 Å². The summed E-state index contributed by atoms with van der Waals surface area (Å²) in [5.74, 6) is 1.48. The van der Waals surface area contributed by atoms with Crippen LogP contribution in [-0.4, -0.2) is 60.5 Å². The standard InChI is InChI=1S/C18H20N2O4/c1-2-16(21)19-9-18(10-19)11-20(12-18)17(22)7-13-8-23-14-5-3-4-6-15(14)24-13/h2-6,13H,1,7-12H2. The molecule has 0 aromatic heterocycles. The zero-order chi connectivity index (χ0) is 16.7. The molecule has 1 spiro atoms. The van der Waals surface area contributed by atoms with Gasteiger partial charge in [0.2, 0.25) is 11.8 Å². The maximum absolute atomic E-state index is 12.4. The highest BCUT2D eigenvalue weighted by Gasteiger charge is 2.54. The summed E-state index contributed by atoms with van der Waals surface area (Å²) in [6.45, 7) is 6.77. The molecule has 3 aliphatic heterocycles. The van der Waals surface area contributed by atoms with Crippen LogP contribution < -0.4 is 9.47 Å². The third kappa shape index (κ3) is 2.52. The highest BCUT2D eigenvalue weighted by atomic mass is 16.6. The zero-order valence-corrected chi connectivity index (χ0v) is 13.4. The number of carbonyl (C=O) groups is 2. The fourth-order valence-corrected chi connectivity index (χ4v) is 3.68. The topological polar surface area (TPSA) is 59.1 Å². The van der Waals surface area contributed by atoms with Crippen molar-refractivity contribution >= 4 is 11.8 Å². The van der Waals surface area contributed by atoms with Crippen molar-refractivity contribution < 1.29 is 19.1 Å². The molecule has 6 nitrogen and oxygen atoms in total. The van der Waals surface area contributed by atoms with Gasteiger partial charge in [-0.25, -0.2) is 0 Å². The monoisotopic (exact) mass is 328 g/mol. The second-order valence-electron chi connectivity index (χ2n) is 6.85. The first-order chi connectivity index (χ1) is 11.6. The Morgan fingerprint density at radius 1 is 1.17 bits per heavy atom. The van der Waals surface area contributed by atoms with Crippen molar-refractivity contribution in [2.24, 2.45) is 5.41 Å². The van der Waals surface area contributed by atoms with Crippen molar-refractivity contribution in [3.8, 4) is 11.5 Å². The molecule has 4 rings (SSSR count). The first kappa shape index (κ1) is 15.1. The molecule has 24 heavy (non-hydrogen) atoms. The number of benzene rings is 1. The largest absolute Gasteiger partial charge is 0.486 e. The van der Waals surface area contributed by atoms with Crippen molar-refractivity contribution in [2.45, 2.75) is 12.5 Å². The van der Waals surface area contributed by atoms with E-state index in [0.717, 1.165) is 31.9 Å². The summed E-state index contributed by atoms with van der Waals surface area (Å²) >= 11 is 0.